The van der Waals surface area contributed by atoms with Crippen molar-refractivity contribution in [3.05, 3.63) is 48.0 Å². The SMILES string of the molecule is CCn1cc(NC(=O)C2(c3cccc(F)c3)CCOCC2)cn1. The van der Waals surface area contributed by atoms with Gasteiger partial charge in [0.25, 0.3) is 0 Å². The smallest absolute Gasteiger partial charge is 0.235 e. The van der Waals surface area contributed by atoms with Gasteiger partial charge in [0.1, 0.15) is 5.82 Å². The van der Waals surface area contributed by atoms with Crippen molar-refractivity contribution in [2.75, 3.05) is 18.5 Å². The van der Waals surface area contributed by atoms with Crippen LogP contribution in [0.1, 0.15) is 25.3 Å². The van der Waals surface area contributed by atoms with Crippen molar-refractivity contribution < 1.29 is 13.9 Å². The highest BCUT2D eigenvalue weighted by molar-refractivity contribution is 5.99. The number of hydrogen-bond donors (Lipinski definition) is 1. The number of halogens is 1. The summed E-state index contributed by atoms with van der Waals surface area (Å²) < 4.78 is 20.8. The molecule has 0 bridgehead atoms. The average molecular weight is 317 g/mol. The van der Waals surface area contributed by atoms with Gasteiger partial charge in [-0.3, -0.25) is 9.48 Å². The monoisotopic (exact) mass is 317 g/mol. The largest absolute Gasteiger partial charge is 0.381 e. The first kappa shape index (κ1) is 15.7. The number of anilines is 1. The van der Waals surface area contributed by atoms with E-state index in [1.54, 1.807) is 23.1 Å². The zero-order chi connectivity index (χ0) is 16.3. The highest BCUT2D eigenvalue weighted by Gasteiger charge is 2.42. The van der Waals surface area contributed by atoms with Gasteiger partial charge in [-0.2, -0.15) is 5.10 Å². The van der Waals surface area contributed by atoms with Crippen LogP contribution in [0, 0.1) is 5.82 Å². The number of aryl methyl sites for hydroxylation is 1. The number of aromatic nitrogens is 2. The van der Waals surface area contributed by atoms with E-state index in [0.29, 0.717) is 37.3 Å². The highest BCUT2D eigenvalue weighted by Crippen LogP contribution is 2.36. The van der Waals surface area contributed by atoms with Crippen LogP contribution in [0.25, 0.3) is 0 Å². The minimum absolute atomic E-state index is 0.137. The Labute approximate surface area is 134 Å². The summed E-state index contributed by atoms with van der Waals surface area (Å²) in [6, 6.07) is 6.29. The van der Waals surface area contributed by atoms with E-state index in [9.17, 15) is 9.18 Å². The number of nitrogens with zero attached hydrogens (tertiary/aromatic N) is 2. The molecule has 0 spiro atoms. The predicted molar refractivity (Wildman–Crippen MR) is 84.7 cm³/mol. The molecule has 23 heavy (non-hydrogen) atoms. The summed E-state index contributed by atoms with van der Waals surface area (Å²) in [4.78, 5) is 13.0. The van der Waals surface area contributed by atoms with Crippen LogP contribution in [0.3, 0.4) is 0 Å². The fourth-order valence-electron chi connectivity index (χ4n) is 3.00. The average Bonchev–Trinajstić information content (AvgIpc) is 3.03. The molecule has 5 nitrogen and oxygen atoms in total. The molecule has 1 N–H and O–H groups in total. The van der Waals surface area contributed by atoms with Crippen molar-refractivity contribution in [3.8, 4) is 0 Å². The molecular formula is C17H20FN3O2. The fraction of sp³-hybridized carbons (Fsp3) is 0.412. The van der Waals surface area contributed by atoms with Crippen LogP contribution in [0.4, 0.5) is 10.1 Å². The van der Waals surface area contributed by atoms with E-state index < -0.39 is 5.41 Å². The number of ether oxygens (including phenoxy) is 1. The standard InChI is InChI=1S/C17H20FN3O2/c1-2-21-12-15(11-19-21)20-16(22)17(6-8-23-9-7-17)13-4-3-5-14(18)10-13/h3-5,10-12H,2,6-9H2,1H3,(H,20,22). The van der Waals surface area contributed by atoms with Gasteiger partial charge < -0.3 is 10.1 Å². The summed E-state index contributed by atoms with van der Waals surface area (Å²) in [6.07, 6.45) is 4.48. The lowest BCUT2D eigenvalue weighted by Gasteiger charge is -2.36. The first-order valence-electron chi connectivity index (χ1n) is 7.82. The quantitative estimate of drug-likeness (QED) is 0.943. The number of carbonyl (C=O) groups is 1. The molecule has 0 unspecified atom stereocenters. The topological polar surface area (TPSA) is 56.2 Å². The van der Waals surface area contributed by atoms with Crippen molar-refractivity contribution in [3.63, 3.8) is 0 Å². The van der Waals surface area contributed by atoms with Gasteiger partial charge in [-0.1, -0.05) is 12.1 Å². The van der Waals surface area contributed by atoms with Gasteiger partial charge in [-0.25, -0.2) is 4.39 Å². The summed E-state index contributed by atoms with van der Waals surface area (Å²) >= 11 is 0. The van der Waals surface area contributed by atoms with Crippen molar-refractivity contribution >= 4 is 11.6 Å². The second kappa shape index (κ2) is 6.50. The minimum Gasteiger partial charge on any atom is -0.381 e. The van der Waals surface area contributed by atoms with Gasteiger partial charge >= 0.3 is 0 Å². The summed E-state index contributed by atoms with van der Waals surface area (Å²) in [5.74, 6) is -0.470. The highest BCUT2D eigenvalue weighted by atomic mass is 19.1. The van der Waals surface area contributed by atoms with E-state index in [1.165, 1.54) is 12.1 Å². The Morgan fingerprint density at radius 3 is 2.87 bits per heavy atom. The number of hydrogen-bond acceptors (Lipinski definition) is 3. The van der Waals surface area contributed by atoms with Gasteiger partial charge in [-0.15, -0.1) is 0 Å². The maximum Gasteiger partial charge on any atom is 0.235 e. The summed E-state index contributed by atoms with van der Waals surface area (Å²) in [5, 5.41) is 7.08. The van der Waals surface area contributed by atoms with Crippen LogP contribution in [0.15, 0.2) is 36.7 Å². The predicted octanol–water partition coefficient (Wildman–Crippen LogP) is 2.73. The molecule has 1 aromatic carbocycles. The Kier molecular flexibility index (Phi) is 4.43. The van der Waals surface area contributed by atoms with Gasteiger partial charge in [0.05, 0.1) is 17.3 Å². The van der Waals surface area contributed by atoms with Crippen molar-refractivity contribution in [2.45, 2.75) is 31.7 Å². The molecule has 1 amide bonds. The zero-order valence-electron chi connectivity index (χ0n) is 13.1. The number of amides is 1. The van der Waals surface area contributed by atoms with E-state index in [4.69, 9.17) is 4.74 Å². The molecule has 0 radical (unpaired) electrons. The number of benzene rings is 1. The lowest BCUT2D eigenvalue weighted by atomic mass is 9.73. The Balaban J connectivity index is 1.90. The first-order chi connectivity index (χ1) is 11.1. The van der Waals surface area contributed by atoms with Crippen molar-refractivity contribution in [1.29, 1.82) is 0 Å². The molecule has 1 saturated heterocycles. The second-order valence-corrected chi connectivity index (χ2v) is 5.74. The number of nitrogens with one attached hydrogen (secondary N) is 1. The summed E-state index contributed by atoms with van der Waals surface area (Å²) in [5.41, 5.74) is 0.578. The molecule has 0 atom stereocenters. The van der Waals surface area contributed by atoms with Crippen molar-refractivity contribution in [1.82, 2.24) is 9.78 Å². The molecule has 0 aliphatic carbocycles. The third-order valence-corrected chi connectivity index (χ3v) is 4.37. The third-order valence-electron chi connectivity index (χ3n) is 4.37. The lowest BCUT2D eigenvalue weighted by Crippen LogP contribution is -2.44. The molecule has 1 aliphatic heterocycles. The molecule has 6 heteroatoms. The molecule has 1 fully saturated rings. The minimum atomic E-state index is -0.769. The maximum absolute atomic E-state index is 13.7. The van der Waals surface area contributed by atoms with E-state index in [0.717, 1.165) is 6.54 Å². The van der Waals surface area contributed by atoms with E-state index in [1.807, 2.05) is 13.0 Å². The molecule has 0 saturated carbocycles. The van der Waals surface area contributed by atoms with Gasteiger partial charge in [0, 0.05) is 26.0 Å². The Morgan fingerprint density at radius 1 is 1.43 bits per heavy atom. The molecule has 122 valence electrons. The lowest BCUT2D eigenvalue weighted by molar-refractivity contribution is -0.125. The van der Waals surface area contributed by atoms with Crippen LogP contribution < -0.4 is 5.32 Å². The van der Waals surface area contributed by atoms with Crippen LogP contribution in [-0.2, 0) is 21.5 Å². The fourth-order valence-corrected chi connectivity index (χ4v) is 3.00. The maximum atomic E-state index is 13.7. The van der Waals surface area contributed by atoms with E-state index >= 15 is 0 Å². The van der Waals surface area contributed by atoms with E-state index in [-0.39, 0.29) is 11.7 Å². The first-order valence-corrected chi connectivity index (χ1v) is 7.82. The van der Waals surface area contributed by atoms with Crippen LogP contribution in [0.2, 0.25) is 0 Å². The van der Waals surface area contributed by atoms with Gasteiger partial charge in [-0.05, 0) is 37.5 Å². The summed E-state index contributed by atoms with van der Waals surface area (Å²) in [7, 11) is 0. The molecule has 1 aliphatic rings. The van der Waals surface area contributed by atoms with Gasteiger partial charge in [0.2, 0.25) is 5.91 Å². The van der Waals surface area contributed by atoms with Crippen LogP contribution in [-0.4, -0.2) is 28.9 Å². The number of rotatable bonds is 4. The van der Waals surface area contributed by atoms with Gasteiger partial charge in [0.15, 0.2) is 0 Å². The van der Waals surface area contributed by atoms with Crippen LogP contribution >= 0.6 is 0 Å². The Morgan fingerprint density at radius 2 is 2.22 bits per heavy atom. The van der Waals surface area contributed by atoms with Crippen LogP contribution in [0.5, 0.6) is 0 Å². The zero-order valence-corrected chi connectivity index (χ0v) is 13.1. The van der Waals surface area contributed by atoms with Crippen molar-refractivity contribution in [2.24, 2.45) is 0 Å². The second-order valence-electron chi connectivity index (χ2n) is 5.74. The Hall–Kier alpha value is -2.21. The molecule has 3 rings (SSSR count). The summed E-state index contributed by atoms with van der Waals surface area (Å²) in [6.45, 7) is 3.68. The molecule has 1 aromatic heterocycles. The molecular weight excluding hydrogens is 297 g/mol. The molecule has 2 aromatic rings. The normalized spacial score (nSPS) is 17.0. The Bertz CT molecular complexity index is 693. The van der Waals surface area contributed by atoms with E-state index in [2.05, 4.69) is 10.4 Å². The molecule has 2 heterocycles. The number of carbonyl (C=O) groups excluding carboxylic acids is 1. The third kappa shape index (κ3) is 3.12.